The summed E-state index contributed by atoms with van der Waals surface area (Å²) in [5.41, 5.74) is 2.82. The maximum absolute atomic E-state index is 11.0. The number of nitrogens with zero attached hydrogens (tertiary/aromatic N) is 2. The third kappa shape index (κ3) is 2.38. The Balaban J connectivity index is 1.90. The number of carbonyl (C=O) groups is 1. The van der Waals surface area contributed by atoms with Crippen LogP contribution in [0.1, 0.15) is 10.4 Å². The number of imidazole rings is 1. The zero-order valence-electron chi connectivity index (χ0n) is 12.3. The van der Waals surface area contributed by atoms with Crippen LogP contribution in [0.2, 0.25) is 5.02 Å². The summed E-state index contributed by atoms with van der Waals surface area (Å²) in [6, 6.07) is 14.3. The van der Waals surface area contributed by atoms with E-state index in [1.165, 1.54) is 0 Å². The molecule has 118 valence electrons. The van der Waals surface area contributed by atoms with Crippen LogP contribution < -0.4 is 0 Å². The van der Waals surface area contributed by atoms with Crippen molar-refractivity contribution in [2.24, 2.45) is 0 Å². The number of carboxylic acid groups (broad SMARTS) is 1. The molecule has 0 bridgehead atoms. The number of benzene rings is 2. The molecule has 0 aliphatic carbocycles. The van der Waals surface area contributed by atoms with Crippen LogP contribution in [0.15, 0.2) is 60.1 Å². The molecular formula is C18H11ClN2O2S. The van der Waals surface area contributed by atoms with Gasteiger partial charge in [0.05, 0.1) is 10.6 Å². The molecule has 0 amide bonds. The molecule has 24 heavy (non-hydrogen) atoms. The zero-order valence-corrected chi connectivity index (χ0v) is 13.9. The van der Waals surface area contributed by atoms with Gasteiger partial charge in [0.2, 0.25) is 0 Å². The van der Waals surface area contributed by atoms with Crippen LogP contribution in [0, 0.1) is 0 Å². The highest BCUT2D eigenvalue weighted by Gasteiger charge is 2.17. The minimum atomic E-state index is -0.942. The molecule has 2 aromatic carbocycles. The first-order valence-corrected chi connectivity index (χ1v) is 8.45. The van der Waals surface area contributed by atoms with Crippen molar-refractivity contribution < 1.29 is 9.90 Å². The number of fused-ring (bicyclic) bond motifs is 1. The monoisotopic (exact) mass is 354 g/mol. The lowest BCUT2D eigenvalue weighted by molar-refractivity contribution is 0.0697. The molecule has 0 aliphatic rings. The lowest BCUT2D eigenvalue weighted by atomic mass is 10.1. The van der Waals surface area contributed by atoms with Crippen LogP contribution in [0.25, 0.3) is 27.5 Å². The minimum Gasteiger partial charge on any atom is -0.478 e. The van der Waals surface area contributed by atoms with Crippen molar-refractivity contribution >= 4 is 33.7 Å². The van der Waals surface area contributed by atoms with Gasteiger partial charge in [-0.25, -0.2) is 9.78 Å². The first-order valence-electron chi connectivity index (χ1n) is 7.19. The summed E-state index contributed by atoms with van der Waals surface area (Å²) < 4.78 is 2.00. The summed E-state index contributed by atoms with van der Waals surface area (Å²) in [6.45, 7) is 0. The number of rotatable bonds is 3. The Morgan fingerprint density at radius 2 is 1.88 bits per heavy atom. The molecule has 0 spiro atoms. The summed E-state index contributed by atoms with van der Waals surface area (Å²) in [4.78, 5) is 16.8. The molecular weight excluding hydrogens is 344 g/mol. The van der Waals surface area contributed by atoms with E-state index in [9.17, 15) is 4.79 Å². The van der Waals surface area contributed by atoms with Gasteiger partial charge in [0, 0.05) is 22.7 Å². The van der Waals surface area contributed by atoms with Gasteiger partial charge in [0.15, 0.2) is 0 Å². The molecule has 2 aromatic heterocycles. The van der Waals surface area contributed by atoms with Gasteiger partial charge in [-0.1, -0.05) is 41.9 Å². The largest absolute Gasteiger partial charge is 0.478 e. The molecule has 0 saturated heterocycles. The molecule has 2 heterocycles. The lowest BCUT2D eigenvalue weighted by Crippen LogP contribution is -1.95. The van der Waals surface area contributed by atoms with E-state index in [1.807, 2.05) is 40.2 Å². The highest BCUT2D eigenvalue weighted by molar-refractivity contribution is 7.16. The summed E-state index contributed by atoms with van der Waals surface area (Å²) in [5, 5.41) is 11.7. The molecule has 0 fully saturated rings. The highest BCUT2D eigenvalue weighted by atomic mass is 35.5. The molecule has 0 radical (unpaired) electrons. The van der Waals surface area contributed by atoms with E-state index in [1.54, 1.807) is 35.6 Å². The van der Waals surface area contributed by atoms with Crippen molar-refractivity contribution in [3.8, 4) is 22.6 Å². The van der Waals surface area contributed by atoms with Crippen molar-refractivity contribution in [3.05, 3.63) is 70.7 Å². The average Bonchev–Trinajstić information content (AvgIpc) is 3.18. The van der Waals surface area contributed by atoms with Crippen molar-refractivity contribution in [2.75, 3.05) is 0 Å². The Morgan fingerprint density at radius 1 is 1.12 bits per heavy atom. The van der Waals surface area contributed by atoms with Gasteiger partial charge in [0.1, 0.15) is 16.3 Å². The van der Waals surface area contributed by atoms with E-state index in [2.05, 4.69) is 0 Å². The number of hydrogen-bond donors (Lipinski definition) is 1. The quantitative estimate of drug-likeness (QED) is 0.558. The second-order valence-corrected chi connectivity index (χ2v) is 6.53. The Bertz CT molecular complexity index is 1050. The summed E-state index contributed by atoms with van der Waals surface area (Å²) >= 11 is 7.92. The van der Waals surface area contributed by atoms with E-state index >= 15 is 0 Å². The number of carboxylic acids is 1. The van der Waals surface area contributed by atoms with Crippen LogP contribution in [-0.2, 0) is 0 Å². The van der Waals surface area contributed by atoms with Crippen LogP contribution in [0.5, 0.6) is 0 Å². The Kier molecular flexibility index (Phi) is 3.59. The summed E-state index contributed by atoms with van der Waals surface area (Å²) in [6.07, 6.45) is 1.95. The van der Waals surface area contributed by atoms with Crippen LogP contribution in [0.3, 0.4) is 0 Å². The third-order valence-corrected chi connectivity index (χ3v) is 4.98. The summed E-state index contributed by atoms with van der Waals surface area (Å²) in [5.74, 6) is -0.180. The van der Waals surface area contributed by atoms with E-state index < -0.39 is 5.97 Å². The van der Waals surface area contributed by atoms with E-state index in [0.717, 1.165) is 27.5 Å². The predicted molar refractivity (Wildman–Crippen MR) is 95.9 cm³/mol. The highest BCUT2D eigenvalue weighted by Crippen LogP contribution is 2.35. The van der Waals surface area contributed by atoms with Gasteiger partial charge >= 0.3 is 5.97 Å². The van der Waals surface area contributed by atoms with Crippen LogP contribution in [0.4, 0.5) is 0 Å². The van der Waals surface area contributed by atoms with Gasteiger partial charge in [-0.05, 0) is 18.2 Å². The first kappa shape index (κ1) is 14.9. The fourth-order valence-electron chi connectivity index (χ4n) is 2.62. The Labute approximate surface area is 146 Å². The molecule has 4 rings (SSSR count). The molecule has 6 heteroatoms. The third-order valence-electron chi connectivity index (χ3n) is 3.78. The van der Waals surface area contributed by atoms with E-state index in [-0.39, 0.29) is 5.56 Å². The molecule has 1 N–H and O–H groups in total. The fraction of sp³-hybridized carbons (Fsp3) is 0. The van der Waals surface area contributed by atoms with Crippen molar-refractivity contribution in [1.29, 1.82) is 0 Å². The van der Waals surface area contributed by atoms with Gasteiger partial charge in [-0.3, -0.25) is 4.40 Å². The normalized spacial score (nSPS) is 11.0. The van der Waals surface area contributed by atoms with E-state index in [0.29, 0.717) is 5.02 Å². The number of aromatic nitrogens is 2. The second kappa shape index (κ2) is 5.78. The minimum absolute atomic E-state index is 0.253. The fourth-order valence-corrected chi connectivity index (χ4v) is 3.68. The van der Waals surface area contributed by atoms with Crippen molar-refractivity contribution in [1.82, 2.24) is 9.38 Å². The van der Waals surface area contributed by atoms with Crippen LogP contribution in [-0.4, -0.2) is 20.5 Å². The van der Waals surface area contributed by atoms with Crippen LogP contribution >= 0.6 is 22.9 Å². The topological polar surface area (TPSA) is 54.6 Å². The number of thiazole rings is 1. The smallest absolute Gasteiger partial charge is 0.335 e. The second-order valence-electron chi connectivity index (χ2n) is 5.22. The van der Waals surface area contributed by atoms with Crippen molar-refractivity contribution in [3.63, 3.8) is 0 Å². The maximum Gasteiger partial charge on any atom is 0.335 e. The first-order chi connectivity index (χ1) is 11.6. The Hall–Kier alpha value is -2.63. The standard InChI is InChI=1S/C18H11ClN2O2S/c19-14-4-2-1-3-13(14)15-17-21(9-10-24-17)16(20-15)11-5-7-12(8-6-11)18(22)23/h1-10H,(H,22,23). The van der Waals surface area contributed by atoms with Gasteiger partial charge in [-0.15, -0.1) is 11.3 Å². The molecule has 0 aliphatic heterocycles. The summed E-state index contributed by atoms with van der Waals surface area (Å²) in [7, 11) is 0. The number of aromatic carboxylic acids is 1. The molecule has 0 atom stereocenters. The molecule has 4 nitrogen and oxygen atoms in total. The zero-order chi connectivity index (χ0) is 16.7. The predicted octanol–water partition coefficient (Wildman–Crippen LogP) is 5.08. The molecule has 0 unspecified atom stereocenters. The molecule has 4 aromatic rings. The Morgan fingerprint density at radius 3 is 2.58 bits per heavy atom. The van der Waals surface area contributed by atoms with Gasteiger partial charge < -0.3 is 5.11 Å². The van der Waals surface area contributed by atoms with E-state index in [4.69, 9.17) is 21.7 Å². The maximum atomic E-state index is 11.0. The number of hydrogen-bond acceptors (Lipinski definition) is 3. The van der Waals surface area contributed by atoms with Gasteiger partial charge in [-0.2, -0.15) is 0 Å². The lowest BCUT2D eigenvalue weighted by Gasteiger charge is -2.00. The molecule has 0 saturated carbocycles. The van der Waals surface area contributed by atoms with Gasteiger partial charge in [0.25, 0.3) is 0 Å². The number of halogens is 1. The average molecular weight is 355 g/mol. The SMILES string of the molecule is O=C(O)c1ccc(-c2nc(-c3ccccc3Cl)c3sccn23)cc1. The van der Waals surface area contributed by atoms with Crippen molar-refractivity contribution in [2.45, 2.75) is 0 Å².